The molecule has 0 radical (unpaired) electrons. The summed E-state index contributed by atoms with van der Waals surface area (Å²) >= 11 is 1.68. The molecule has 0 aliphatic rings. The van der Waals surface area contributed by atoms with E-state index in [-0.39, 0.29) is 0 Å². The third-order valence-corrected chi connectivity index (χ3v) is 3.50. The Balaban J connectivity index is 1.78. The van der Waals surface area contributed by atoms with Gasteiger partial charge in [-0.2, -0.15) is 4.98 Å². The third-order valence-electron chi connectivity index (χ3n) is 2.58. The maximum absolute atomic E-state index is 4.42. The van der Waals surface area contributed by atoms with Crippen LogP contribution in [0.25, 0.3) is 5.65 Å². The van der Waals surface area contributed by atoms with E-state index in [9.17, 15) is 0 Å². The molecule has 0 aliphatic carbocycles. The fourth-order valence-corrected chi connectivity index (χ4v) is 2.45. The van der Waals surface area contributed by atoms with Gasteiger partial charge < -0.3 is 5.32 Å². The molecule has 0 aromatic carbocycles. The van der Waals surface area contributed by atoms with Crippen LogP contribution < -0.4 is 5.32 Å². The maximum Gasteiger partial charge on any atom is 0.243 e. The Bertz CT molecular complexity index is 685. The van der Waals surface area contributed by atoms with Gasteiger partial charge in [-0.15, -0.1) is 16.4 Å². The molecule has 0 amide bonds. The monoisotopic (exact) mass is 259 g/mol. The molecule has 92 valence electrons. The van der Waals surface area contributed by atoms with Crippen LogP contribution in [0.1, 0.15) is 15.4 Å². The van der Waals surface area contributed by atoms with Crippen LogP contribution in [0.2, 0.25) is 0 Å². The number of aryl methyl sites for hydroxylation is 2. The Morgan fingerprint density at radius 1 is 1.39 bits per heavy atom. The minimum atomic E-state index is 0.645. The molecular formula is C12H13N5S. The fourth-order valence-electron chi connectivity index (χ4n) is 1.71. The lowest BCUT2D eigenvalue weighted by Crippen LogP contribution is -1.99. The molecule has 0 spiro atoms. The molecule has 0 unspecified atom stereocenters. The van der Waals surface area contributed by atoms with Gasteiger partial charge in [0.05, 0.1) is 11.6 Å². The van der Waals surface area contributed by atoms with Crippen LogP contribution >= 0.6 is 11.3 Å². The highest BCUT2D eigenvalue weighted by atomic mass is 32.1. The first-order valence-electron chi connectivity index (χ1n) is 5.69. The lowest BCUT2D eigenvalue weighted by molar-refractivity contribution is 0.949. The molecule has 6 heteroatoms. The summed E-state index contributed by atoms with van der Waals surface area (Å²) in [6, 6.07) is 4.02. The first-order chi connectivity index (χ1) is 8.70. The van der Waals surface area contributed by atoms with E-state index in [0.717, 1.165) is 10.7 Å². The molecule has 3 aromatic rings. The zero-order chi connectivity index (χ0) is 12.5. The van der Waals surface area contributed by atoms with Gasteiger partial charge in [-0.05, 0) is 31.5 Å². The minimum absolute atomic E-state index is 0.645. The zero-order valence-electron chi connectivity index (χ0n) is 10.2. The van der Waals surface area contributed by atoms with Crippen molar-refractivity contribution in [3.05, 3.63) is 40.0 Å². The fraction of sp³-hybridized carbons (Fsp3) is 0.250. The van der Waals surface area contributed by atoms with Crippen LogP contribution in [-0.4, -0.2) is 19.6 Å². The Hall–Kier alpha value is -1.95. The molecule has 0 bridgehead atoms. The molecule has 3 rings (SSSR count). The highest BCUT2D eigenvalue weighted by Gasteiger charge is 2.04. The summed E-state index contributed by atoms with van der Waals surface area (Å²) in [5.74, 6) is 0.645. The van der Waals surface area contributed by atoms with Gasteiger partial charge in [-0.3, -0.25) is 0 Å². The Labute approximate surface area is 109 Å². The largest absolute Gasteiger partial charge is 0.348 e. The lowest BCUT2D eigenvalue weighted by atomic mass is 10.3. The van der Waals surface area contributed by atoms with Crippen LogP contribution in [0.15, 0.2) is 24.5 Å². The number of hydrogen-bond acceptors (Lipinski definition) is 5. The molecule has 0 aliphatic heterocycles. The van der Waals surface area contributed by atoms with Crippen molar-refractivity contribution in [2.75, 3.05) is 5.32 Å². The maximum atomic E-state index is 4.42. The second kappa shape index (κ2) is 4.38. The SMILES string of the molecule is Cc1ccn2nc(NCc3cnc(C)s3)nc2c1. The number of nitrogens with one attached hydrogen (secondary N) is 1. The predicted octanol–water partition coefficient (Wildman–Crippen LogP) is 2.41. The predicted molar refractivity (Wildman–Crippen MR) is 71.9 cm³/mol. The van der Waals surface area contributed by atoms with E-state index in [1.807, 2.05) is 38.4 Å². The van der Waals surface area contributed by atoms with E-state index in [2.05, 4.69) is 20.4 Å². The highest BCUT2D eigenvalue weighted by molar-refractivity contribution is 7.11. The Morgan fingerprint density at radius 2 is 2.28 bits per heavy atom. The summed E-state index contributed by atoms with van der Waals surface area (Å²) in [6.45, 7) is 4.75. The standard InChI is InChI=1S/C12H13N5S/c1-8-3-4-17-11(5-8)15-12(16-17)14-7-10-6-13-9(2)18-10/h3-6H,7H2,1-2H3,(H,14,16). The smallest absolute Gasteiger partial charge is 0.243 e. The van der Waals surface area contributed by atoms with E-state index in [1.54, 1.807) is 15.9 Å². The van der Waals surface area contributed by atoms with Gasteiger partial charge in [0.2, 0.25) is 5.95 Å². The number of anilines is 1. The van der Waals surface area contributed by atoms with E-state index in [4.69, 9.17) is 0 Å². The number of thiazole rings is 1. The second-order valence-electron chi connectivity index (χ2n) is 4.14. The van der Waals surface area contributed by atoms with Gasteiger partial charge in [0.1, 0.15) is 0 Å². The topological polar surface area (TPSA) is 55.1 Å². The first kappa shape index (κ1) is 11.2. The van der Waals surface area contributed by atoms with Crippen molar-refractivity contribution in [1.82, 2.24) is 19.6 Å². The molecule has 18 heavy (non-hydrogen) atoms. The number of aromatic nitrogens is 4. The summed E-state index contributed by atoms with van der Waals surface area (Å²) in [5.41, 5.74) is 2.04. The van der Waals surface area contributed by atoms with E-state index in [1.165, 1.54) is 10.4 Å². The highest BCUT2D eigenvalue weighted by Crippen LogP contribution is 2.13. The average molecular weight is 259 g/mol. The Morgan fingerprint density at radius 3 is 3.06 bits per heavy atom. The van der Waals surface area contributed by atoms with Crippen LogP contribution in [0.4, 0.5) is 5.95 Å². The molecule has 3 heterocycles. The number of pyridine rings is 1. The number of rotatable bonds is 3. The van der Waals surface area contributed by atoms with Gasteiger partial charge >= 0.3 is 0 Å². The molecule has 0 atom stereocenters. The minimum Gasteiger partial charge on any atom is -0.348 e. The summed E-state index contributed by atoms with van der Waals surface area (Å²) in [6.07, 6.45) is 3.80. The molecular weight excluding hydrogens is 246 g/mol. The van der Waals surface area contributed by atoms with Gasteiger partial charge in [-0.1, -0.05) is 0 Å². The summed E-state index contributed by atoms with van der Waals surface area (Å²) in [5, 5.41) is 8.64. The van der Waals surface area contributed by atoms with Gasteiger partial charge in [0.25, 0.3) is 0 Å². The van der Waals surface area contributed by atoms with Crippen molar-refractivity contribution < 1.29 is 0 Å². The van der Waals surface area contributed by atoms with Crippen LogP contribution in [-0.2, 0) is 6.54 Å². The van der Waals surface area contributed by atoms with Crippen molar-refractivity contribution >= 4 is 22.9 Å². The van der Waals surface area contributed by atoms with Crippen molar-refractivity contribution in [3.8, 4) is 0 Å². The van der Waals surface area contributed by atoms with E-state index >= 15 is 0 Å². The van der Waals surface area contributed by atoms with Crippen molar-refractivity contribution in [2.24, 2.45) is 0 Å². The summed E-state index contributed by atoms with van der Waals surface area (Å²) in [4.78, 5) is 9.82. The van der Waals surface area contributed by atoms with Crippen molar-refractivity contribution in [2.45, 2.75) is 20.4 Å². The average Bonchev–Trinajstić information content (AvgIpc) is 2.92. The number of hydrogen-bond donors (Lipinski definition) is 1. The molecule has 0 saturated heterocycles. The van der Waals surface area contributed by atoms with Crippen LogP contribution in [0.3, 0.4) is 0 Å². The van der Waals surface area contributed by atoms with Crippen LogP contribution in [0.5, 0.6) is 0 Å². The number of fused-ring (bicyclic) bond motifs is 1. The third kappa shape index (κ3) is 2.19. The van der Waals surface area contributed by atoms with Gasteiger partial charge in [0, 0.05) is 17.3 Å². The summed E-state index contributed by atoms with van der Waals surface area (Å²) in [7, 11) is 0. The molecule has 0 saturated carbocycles. The molecule has 1 N–H and O–H groups in total. The normalized spacial score (nSPS) is 11.0. The lowest BCUT2D eigenvalue weighted by Gasteiger charge is -1.96. The van der Waals surface area contributed by atoms with Crippen molar-refractivity contribution in [3.63, 3.8) is 0 Å². The zero-order valence-corrected chi connectivity index (χ0v) is 11.0. The quantitative estimate of drug-likeness (QED) is 0.784. The van der Waals surface area contributed by atoms with Crippen molar-refractivity contribution in [1.29, 1.82) is 0 Å². The second-order valence-corrected chi connectivity index (χ2v) is 5.46. The van der Waals surface area contributed by atoms with E-state index in [0.29, 0.717) is 12.5 Å². The summed E-state index contributed by atoms with van der Waals surface area (Å²) < 4.78 is 1.77. The first-order valence-corrected chi connectivity index (χ1v) is 6.50. The van der Waals surface area contributed by atoms with Crippen LogP contribution in [0, 0.1) is 13.8 Å². The van der Waals surface area contributed by atoms with Gasteiger partial charge in [-0.25, -0.2) is 9.50 Å². The molecule has 0 fully saturated rings. The number of nitrogens with zero attached hydrogens (tertiary/aromatic N) is 4. The molecule has 5 nitrogen and oxygen atoms in total. The van der Waals surface area contributed by atoms with Gasteiger partial charge in [0.15, 0.2) is 5.65 Å². The van der Waals surface area contributed by atoms with E-state index < -0.39 is 0 Å². The Kier molecular flexibility index (Phi) is 2.71. The molecule has 3 aromatic heterocycles.